The molecule has 0 bridgehead atoms. The topological polar surface area (TPSA) is 35.5 Å². The van der Waals surface area contributed by atoms with Gasteiger partial charge in [0.2, 0.25) is 0 Å². The maximum absolute atomic E-state index is 9.56. The second kappa shape index (κ2) is 3.47. The molecular weight excluding hydrogens is 176 g/mol. The fourth-order valence-electron chi connectivity index (χ4n) is 3.31. The minimum absolute atomic E-state index is 0.0551. The summed E-state index contributed by atoms with van der Waals surface area (Å²) in [4.78, 5) is 2.47. The van der Waals surface area contributed by atoms with Crippen LogP contribution in [0.15, 0.2) is 0 Å². The molecule has 3 atom stereocenters. The Balaban J connectivity index is 1.48. The molecule has 1 saturated carbocycles. The number of likely N-dealkylation sites (tertiary alicyclic amines) is 1. The van der Waals surface area contributed by atoms with E-state index in [2.05, 4.69) is 10.2 Å². The van der Waals surface area contributed by atoms with Gasteiger partial charge in [-0.3, -0.25) is 0 Å². The lowest BCUT2D eigenvalue weighted by molar-refractivity contribution is 0.0665. The van der Waals surface area contributed by atoms with E-state index in [1.54, 1.807) is 0 Å². The molecule has 0 amide bonds. The molecule has 3 heteroatoms. The number of nitrogens with zero attached hydrogens (tertiary/aromatic N) is 1. The Morgan fingerprint density at radius 1 is 1.29 bits per heavy atom. The van der Waals surface area contributed by atoms with Gasteiger partial charge >= 0.3 is 0 Å². The third kappa shape index (κ3) is 1.58. The molecule has 2 saturated heterocycles. The van der Waals surface area contributed by atoms with Crippen molar-refractivity contribution in [2.75, 3.05) is 32.7 Å². The van der Waals surface area contributed by atoms with Gasteiger partial charge in [-0.2, -0.15) is 0 Å². The number of piperidine rings is 2. The molecule has 0 aromatic heterocycles. The van der Waals surface area contributed by atoms with Crippen molar-refractivity contribution in [1.82, 2.24) is 10.2 Å². The summed E-state index contributed by atoms with van der Waals surface area (Å²) >= 11 is 0. The molecule has 3 aliphatic rings. The van der Waals surface area contributed by atoms with Gasteiger partial charge in [-0.25, -0.2) is 0 Å². The molecule has 3 unspecified atom stereocenters. The zero-order valence-corrected chi connectivity index (χ0v) is 8.65. The summed E-state index contributed by atoms with van der Waals surface area (Å²) in [7, 11) is 0. The second-order valence-electron chi connectivity index (χ2n) is 5.21. The molecule has 0 aromatic carbocycles. The van der Waals surface area contributed by atoms with Crippen LogP contribution in [0.2, 0.25) is 0 Å². The standard InChI is InChI=1S/C11H20N2O/c14-8-2-1-3-13(6-8)7-11-9-4-12-5-10(9)11/h8-12,14H,1-7H2. The number of aliphatic hydroxyl groups is 1. The van der Waals surface area contributed by atoms with Crippen molar-refractivity contribution in [3.63, 3.8) is 0 Å². The SMILES string of the molecule is OC1CCCN(CC2C3CNCC32)C1. The Hall–Kier alpha value is -0.120. The predicted octanol–water partition coefficient (Wildman–Crippen LogP) is -0.0915. The average Bonchev–Trinajstić information content (AvgIpc) is 2.62. The molecule has 0 aromatic rings. The van der Waals surface area contributed by atoms with Crippen LogP contribution in [0.4, 0.5) is 0 Å². The van der Waals surface area contributed by atoms with E-state index < -0.39 is 0 Å². The van der Waals surface area contributed by atoms with E-state index in [9.17, 15) is 5.11 Å². The van der Waals surface area contributed by atoms with E-state index in [1.807, 2.05) is 0 Å². The monoisotopic (exact) mass is 196 g/mol. The van der Waals surface area contributed by atoms with Crippen molar-refractivity contribution in [2.24, 2.45) is 17.8 Å². The highest BCUT2D eigenvalue weighted by Gasteiger charge is 2.52. The van der Waals surface area contributed by atoms with E-state index in [4.69, 9.17) is 0 Å². The molecular formula is C11H20N2O. The van der Waals surface area contributed by atoms with Gasteiger partial charge in [0.05, 0.1) is 6.10 Å². The van der Waals surface area contributed by atoms with Crippen molar-refractivity contribution in [2.45, 2.75) is 18.9 Å². The summed E-state index contributed by atoms with van der Waals surface area (Å²) in [5.74, 6) is 2.88. The summed E-state index contributed by atoms with van der Waals surface area (Å²) in [6.45, 7) is 5.86. The van der Waals surface area contributed by atoms with E-state index >= 15 is 0 Å². The van der Waals surface area contributed by atoms with Gasteiger partial charge in [0.1, 0.15) is 0 Å². The van der Waals surface area contributed by atoms with Gasteiger partial charge < -0.3 is 15.3 Å². The Labute approximate surface area is 85.5 Å². The Morgan fingerprint density at radius 3 is 2.79 bits per heavy atom. The molecule has 3 fully saturated rings. The number of rotatable bonds is 2. The van der Waals surface area contributed by atoms with Crippen LogP contribution in [-0.2, 0) is 0 Å². The summed E-state index contributed by atoms with van der Waals surface area (Å²) < 4.78 is 0. The second-order valence-corrected chi connectivity index (χ2v) is 5.21. The lowest BCUT2D eigenvalue weighted by Gasteiger charge is -2.30. The smallest absolute Gasteiger partial charge is 0.0667 e. The molecule has 2 heterocycles. The molecule has 0 radical (unpaired) electrons. The van der Waals surface area contributed by atoms with Crippen molar-refractivity contribution < 1.29 is 5.11 Å². The number of hydrogen-bond acceptors (Lipinski definition) is 3. The van der Waals surface area contributed by atoms with E-state index in [0.717, 1.165) is 30.7 Å². The molecule has 2 aliphatic heterocycles. The van der Waals surface area contributed by atoms with Crippen LogP contribution in [0, 0.1) is 17.8 Å². The highest BCUT2D eigenvalue weighted by molar-refractivity contribution is 5.05. The summed E-state index contributed by atoms with van der Waals surface area (Å²) in [6, 6.07) is 0. The molecule has 80 valence electrons. The van der Waals surface area contributed by atoms with E-state index in [1.165, 1.54) is 32.6 Å². The minimum atomic E-state index is -0.0551. The minimum Gasteiger partial charge on any atom is -0.392 e. The fraction of sp³-hybridized carbons (Fsp3) is 1.00. The zero-order chi connectivity index (χ0) is 9.54. The average molecular weight is 196 g/mol. The third-order valence-electron chi connectivity index (χ3n) is 4.22. The number of hydrogen-bond donors (Lipinski definition) is 2. The maximum Gasteiger partial charge on any atom is 0.0667 e. The van der Waals surface area contributed by atoms with Crippen molar-refractivity contribution in [3.05, 3.63) is 0 Å². The van der Waals surface area contributed by atoms with Crippen LogP contribution in [-0.4, -0.2) is 48.8 Å². The van der Waals surface area contributed by atoms with Gasteiger partial charge in [-0.1, -0.05) is 0 Å². The quantitative estimate of drug-likeness (QED) is 0.648. The first-order valence-corrected chi connectivity index (χ1v) is 5.96. The molecule has 2 N–H and O–H groups in total. The van der Waals surface area contributed by atoms with Crippen LogP contribution in [0.25, 0.3) is 0 Å². The van der Waals surface area contributed by atoms with Crippen molar-refractivity contribution in [1.29, 1.82) is 0 Å². The highest BCUT2D eigenvalue weighted by Crippen LogP contribution is 2.49. The molecule has 3 rings (SSSR count). The van der Waals surface area contributed by atoms with Crippen molar-refractivity contribution >= 4 is 0 Å². The number of aliphatic hydroxyl groups excluding tert-OH is 1. The van der Waals surface area contributed by atoms with Crippen LogP contribution in [0.5, 0.6) is 0 Å². The number of nitrogens with one attached hydrogen (secondary N) is 1. The highest BCUT2D eigenvalue weighted by atomic mass is 16.3. The van der Waals surface area contributed by atoms with E-state index in [-0.39, 0.29) is 6.10 Å². The lowest BCUT2D eigenvalue weighted by Crippen LogP contribution is -2.40. The van der Waals surface area contributed by atoms with Gasteiger partial charge in [-0.15, -0.1) is 0 Å². The van der Waals surface area contributed by atoms with Crippen molar-refractivity contribution in [3.8, 4) is 0 Å². The number of fused-ring (bicyclic) bond motifs is 1. The summed E-state index contributed by atoms with van der Waals surface area (Å²) in [5, 5.41) is 13.0. The van der Waals surface area contributed by atoms with Gasteiger partial charge in [0, 0.05) is 13.1 Å². The summed E-state index contributed by atoms with van der Waals surface area (Å²) in [5.41, 5.74) is 0. The first-order chi connectivity index (χ1) is 6.84. The summed E-state index contributed by atoms with van der Waals surface area (Å²) in [6.07, 6.45) is 2.14. The van der Waals surface area contributed by atoms with Gasteiger partial charge in [0.15, 0.2) is 0 Å². The largest absolute Gasteiger partial charge is 0.392 e. The first kappa shape index (κ1) is 9.13. The zero-order valence-electron chi connectivity index (χ0n) is 8.65. The van der Waals surface area contributed by atoms with Gasteiger partial charge in [0.25, 0.3) is 0 Å². The van der Waals surface area contributed by atoms with Gasteiger partial charge in [-0.05, 0) is 50.2 Å². The molecule has 14 heavy (non-hydrogen) atoms. The van der Waals surface area contributed by atoms with Crippen LogP contribution < -0.4 is 5.32 Å². The van der Waals surface area contributed by atoms with E-state index in [0.29, 0.717) is 0 Å². The number of β-amino-alcohol motifs (C(OH)–C–C–N with tert-alkyl or cyclic N) is 1. The molecule has 3 nitrogen and oxygen atoms in total. The predicted molar refractivity (Wildman–Crippen MR) is 55.0 cm³/mol. The fourth-order valence-corrected chi connectivity index (χ4v) is 3.31. The van der Waals surface area contributed by atoms with Crippen LogP contribution >= 0.6 is 0 Å². The van der Waals surface area contributed by atoms with Crippen LogP contribution in [0.1, 0.15) is 12.8 Å². The third-order valence-corrected chi connectivity index (χ3v) is 4.22. The Kier molecular flexibility index (Phi) is 2.26. The Bertz CT molecular complexity index is 211. The maximum atomic E-state index is 9.56. The molecule has 0 spiro atoms. The lowest BCUT2D eigenvalue weighted by atomic mass is 10.1. The van der Waals surface area contributed by atoms with Crippen LogP contribution in [0.3, 0.4) is 0 Å². The Morgan fingerprint density at radius 2 is 2.07 bits per heavy atom. The first-order valence-electron chi connectivity index (χ1n) is 5.96. The normalized spacial score (nSPS) is 47.8. The molecule has 1 aliphatic carbocycles.